The van der Waals surface area contributed by atoms with Crippen LogP contribution in [0.3, 0.4) is 0 Å². The minimum atomic E-state index is -1.26. The van der Waals surface area contributed by atoms with Crippen molar-refractivity contribution in [3.8, 4) is 0 Å². The zero-order valence-electron chi connectivity index (χ0n) is 11.1. The van der Waals surface area contributed by atoms with Crippen LogP contribution in [0.5, 0.6) is 0 Å². The minimum Gasteiger partial charge on any atom is -0.481 e. The number of halogens is 1. The Labute approximate surface area is 125 Å². The summed E-state index contributed by atoms with van der Waals surface area (Å²) in [6.45, 7) is 0. The molecule has 1 aromatic heterocycles. The second-order valence-electron chi connectivity index (χ2n) is 4.98. The molecule has 1 aliphatic carbocycles. The average Bonchev–Trinajstić information content (AvgIpc) is 3.16. The molecule has 1 fully saturated rings. The molecule has 2 rings (SSSR count). The molecule has 8 heteroatoms. The predicted molar refractivity (Wildman–Crippen MR) is 73.5 cm³/mol. The number of hydrogen-bond acceptors (Lipinski definition) is 3. The molecule has 1 heterocycles. The highest BCUT2D eigenvalue weighted by atomic mass is 35.5. The van der Waals surface area contributed by atoms with Crippen molar-refractivity contribution in [1.82, 2.24) is 9.88 Å². The van der Waals surface area contributed by atoms with E-state index in [1.807, 2.05) is 0 Å². The number of nitrogens with one attached hydrogen (secondary N) is 1. The van der Waals surface area contributed by atoms with Crippen molar-refractivity contribution in [3.63, 3.8) is 0 Å². The SMILES string of the molecule is O=C(O)CC[C@H](NC(=O)c1cc(Cl)cn1C1CC1)C(=O)O. The monoisotopic (exact) mass is 314 g/mol. The van der Waals surface area contributed by atoms with Crippen LogP contribution in [0.15, 0.2) is 12.3 Å². The van der Waals surface area contributed by atoms with Crippen molar-refractivity contribution in [2.45, 2.75) is 37.8 Å². The summed E-state index contributed by atoms with van der Waals surface area (Å²) >= 11 is 5.89. The van der Waals surface area contributed by atoms with Crippen LogP contribution in [0.2, 0.25) is 5.02 Å². The van der Waals surface area contributed by atoms with Crippen molar-refractivity contribution >= 4 is 29.4 Å². The van der Waals surface area contributed by atoms with Crippen LogP contribution in [0, 0.1) is 0 Å². The van der Waals surface area contributed by atoms with Gasteiger partial charge in [-0.3, -0.25) is 9.59 Å². The van der Waals surface area contributed by atoms with Crippen LogP contribution >= 0.6 is 11.6 Å². The number of carbonyl (C=O) groups excluding carboxylic acids is 1. The number of carbonyl (C=O) groups is 3. The third kappa shape index (κ3) is 3.98. The van der Waals surface area contributed by atoms with Crippen molar-refractivity contribution < 1.29 is 24.6 Å². The smallest absolute Gasteiger partial charge is 0.326 e. The van der Waals surface area contributed by atoms with E-state index in [1.165, 1.54) is 6.07 Å². The summed E-state index contributed by atoms with van der Waals surface area (Å²) in [5.74, 6) is -2.94. The fourth-order valence-corrected chi connectivity index (χ4v) is 2.25. The summed E-state index contributed by atoms with van der Waals surface area (Å²) in [6.07, 6.45) is 3.04. The van der Waals surface area contributed by atoms with Gasteiger partial charge >= 0.3 is 11.9 Å². The summed E-state index contributed by atoms with van der Waals surface area (Å²) in [5.41, 5.74) is 0.295. The molecule has 1 saturated carbocycles. The van der Waals surface area contributed by atoms with Gasteiger partial charge in [0.05, 0.1) is 5.02 Å². The number of hydrogen-bond donors (Lipinski definition) is 3. The Balaban J connectivity index is 2.08. The Morgan fingerprint density at radius 3 is 2.57 bits per heavy atom. The number of amides is 1. The Morgan fingerprint density at radius 1 is 1.38 bits per heavy atom. The molecular formula is C13H15ClN2O5. The zero-order valence-corrected chi connectivity index (χ0v) is 11.8. The third-order valence-electron chi connectivity index (χ3n) is 3.24. The molecule has 1 atom stereocenters. The van der Waals surface area contributed by atoms with E-state index in [0.717, 1.165) is 12.8 Å². The maximum Gasteiger partial charge on any atom is 0.326 e. The van der Waals surface area contributed by atoms with Gasteiger partial charge in [0.15, 0.2) is 0 Å². The fraction of sp³-hybridized carbons (Fsp3) is 0.462. The van der Waals surface area contributed by atoms with Gasteiger partial charge in [-0.05, 0) is 25.3 Å². The van der Waals surface area contributed by atoms with Crippen LogP contribution in [0.4, 0.5) is 0 Å². The summed E-state index contributed by atoms with van der Waals surface area (Å²) in [5, 5.41) is 20.4. The van der Waals surface area contributed by atoms with E-state index in [2.05, 4.69) is 5.32 Å². The summed E-state index contributed by atoms with van der Waals surface area (Å²) < 4.78 is 1.73. The number of rotatable bonds is 7. The predicted octanol–water partition coefficient (Wildman–Crippen LogP) is 1.52. The zero-order chi connectivity index (χ0) is 15.6. The van der Waals surface area contributed by atoms with Gasteiger partial charge in [0.25, 0.3) is 5.91 Å². The topological polar surface area (TPSA) is 109 Å². The molecule has 0 aromatic carbocycles. The van der Waals surface area contributed by atoms with Crippen molar-refractivity contribution in [3.05, 3.63) is 23.0 Å². The Bertz CT molecular complexity index is 579. The van der Waals surface area contributed by atoms with Crippen LogP contribution in [-0.4, -0.2) is 38.7 Å². The van der Waals surface area contributed by atoms with E-state index in [4.69, 9.17) is 21.8 Å². The molecule has 1 aromatic rings. The van der Waals surface area contributed by atoms with Crippen LogP contribution < -0.4 is 5.32 Å². The lowest BCUT2D eigenvalue weighted by Gasteiger charge is -2.14. The molecule has 0 saturated heterocycles. The van der Waals surface area contributed by atoms with Gasteiger partial charge in [0.2, 0.25) is 0 Å². The van der Waals surface area contributed by atoms with Crippen LogP contribution in [-0.2, 0) is 9.59 Å². The third-order valence-corrected chi connectivity index (χ3v) is 3.45. The Kier molecular flexibility index (Phi) is 4.52. The first-order chi connectivity index (χ1) is 9.88. The number of aromatic nitrogens is 1. The highest BCUT2D eigenvalue weighted by Gasteiger charge is 2.29. The number of carboxylic acids is 2. The normalized spacial score (nSPS) is 15.5. The lowest BCUT2D eigenvalue weighted by Crippen LogP contribution is -2.41. The Morgan fingerprint density at radius 2 is 2.05 bits per heavy atom. The fourth-order valence-electron chi connectivity index (χ4n) is 2.04. The number of nitrogens with zero attached hydrogens (tertiary/aromatic N) is 1. The van der Waals surface area contributed by atoms with Crippen molar-refractivity contribution in [2.24, 2.45) is 0 Å². The molecule has 0 radical (unpaired) electrons. The molecule has 0 aliphatic heterocycles. The largest absolute Gasteiger partial charge is 0.481 e. The number of carboxylic acid groups (broad SMARTS) is 2. The molecule has 1 amide bonds. The van der Waals surface area contributed by atoms with E-state index in [1.54, 1.807) is 10.8 Å². The van der Waals surface area contributed by atoms with Crippen LogP contribution in [0.25, 0.3) is 0 Å². The lowest BCUT2D eigenvalue weighted by molar-refractivity contribution is -0.140. The van der Waals surface area contributed by atoms with Crippen molar-refractivity contribution in [2.75, 3.05) is 0 Å². The lowest BCUT2D eigenvalue weighted by atomic mass is 10.1. The second-order valence-corrected chi connectivity index (χ2v) is 5.42. The standard InChI is InChI=1S/C13H15ClN2O5/c14-7-5-10(16(6-7)8-1-2-8)12(19)15-9(13(20)21)3-4-11(17)18/h5-6,8-9H,1-4H2,(H,15,19)(H,17,18)(H,20,21)/t9-/m0/s1. The van der Waals surface area contributed by atoms with E-state index >= 15 is 0 Å². The highest BCUT2D eigenvalue weighted by molar-refractivity contribution is 6.31. The minimum absolute atomic E-state index is 0.172. The Hall–Kier alpha value is -2.02. The molecule has 0 bridgehead atoms. The maximum atomic E-state index is 12.2. The second kappa shape index (κ2) is 6.17. The maximum absolute atomic E-state index is 12.2. The van der Waals surface area contributed by atoms with E-state index in [-0.39, 0.29) is 18.9 Å². The van der Waals surface area contributed by atoms with Gasteiger partial charge < -0.3 is 20.1 Å². The van der Waals surface area contributed by atoms with Gasteiger partial charge in [0, 0.05) is 18.7 Å². The molecule has 0 unspecified atom stereocenters. The van der Waals surface area contributed by atoms with Crippen molar-refractivity contribution in [1.29, 1.82) is 0 Å². The van der Waals surface area contributed by atoms with Gasteiger partial charge in [-0.1, -0.05) is 11.6 Å². The van der Waals surface area contributed by atoms with Gasteiger partial charge in [-0.2, -0.15) is 0 Å². The molecule has 0 spiro atoms. The average molecular weight is 315 g/mol. The quantitative estimate of drug-likeness (QED) is 0.707. The van der Waals surface area contributed by atoms with Gasteiger partial charge in [0.1, 0.15) is 11.7 Å². The van der Waals surface area contributed by atoms with Crippen LogP contribution in [0.1, 0.15) is 42.2 Å². The molecule has 3 N–H and O–H groups in total. The molecule has 114 valence electrons. The first-order valence-electron chi connectivity index (χ1n) is 6.51. The first kappa shape index (κ1) is 15.4. The molecular weight excluding hydrogens is 300 g/mol. The van der Waals surface area contributed by atoms with E-state index in [9.17, 15) is 14.4 Å². The van der Waals surface area contributed by atoms with E-state index < -0.39 is 23.9 Å². The van der Waals surface area contributed by atoms with E-state index in [0.29, 0.717) is 10.7 Å². The number of aliphatic carboxylic acids is 2. The molecule has 1 aliphatic rings. The molecule has 7 nitrogen and oxygen atoms in total. The highest BCUT2D eigenvalue weighted by Crippen LogP contribution is 2.37. The summed E-state index contributed by atoms with van der Waals surface area (Å²) in [7, 11) is 0. The first-order valence-corrected chi connectivity index (χ1v) is 6.89. The summed E-state index contributed by atoms with van der Waals surface area (Å²) in [4.78, 5) is 33.8. The molecule has 21 heavy (non-hydrogen) atoms. The van der Waals surface area contributed by atoms with Gasteiger partial charge in [-0.15, -0.1) is 0 Å². The summed E-state index contributed by atoms with van der Waals surface area (Å²) in [6, 6.07) is 0.459. The van der Waals surface area contributed by atoms with Gasteiger partial charge in [-0.25, -0.2) is 4.79 Å².